The average molecular weight is 286 g/mol. The molecule has 0 heterocycles. The number of nitro benzene ring substituents is 1. The van der Waals surface area contributed by atoms with Crippen molar-refractivity contribution in [1.29, 1.82) is 0 Å². The first kappa shape index (κ1) is 14.8. The molecule has 5 heteroatoms. The van der Waals surface area contributed by atoms with Gasteiger partial charge < -0.3 is 10.1 Å². The summed E-state index contributed by atoms with van der Waals surface area (Å²) in [5, 5.41) is 14.3. The maximum Gasteiger partial charge on any atom is 0.274 e. The van der Waals surface area contributed by atoms with Gasteiger partial charge in [-0.05, 0) is 18.6 Å². The van der Waals surface area contributed by atoms with Crippen molar-refractivity contribution in [2.24, 2.45) is 0 Å². The SMILES string of the molecule is CCc1ccc(NCc2ccccc2OC)cc1[N+](=O)[O-]. The van der Waals surface area contributed by atoms with Crippen LogP contribution in [0.2, 0.25) is 0 Å². The summed E-state index contributed by atoms with van der Waals surface area (Å²) >= 11 is 0. The lowest BCUT2D eigenvalue weighted by atomic mass is 10.1. The lowest BCUT2D eigenvalue weighted by Crippen LogP contribution is -2.03. The van der Waals surface area contributed by atoms with E-state index in [-0.39, 0.29) is 10.6 Å². The maximum atomic E-state index is 11.1. The summed E-state index contributed by atoms with van der Waals surface area (Å²) in [4.78, 5) is 10.7. The smallest absolute Gasteiger partial charge is 0.274 e. The minimum atomic E-state index is -0.340. The Morgan fingerprint density at radius 1 is 1.19 bits per heavy atom. The number of hydrogen-bond donors (Lipinski definition) is 1. The molecule has 0 saturated carbocycles. The topological polar surface area (TPSA) is 64.4 Å². The van der Waals surface area contributed by atoms with Crippen LogP contribution in [-0.2, 0) is 13.0 Å². The van der Waals surface area contributed by atoms with E-state index in [4.69, 9.17) is 4.74 Å². The zero-order chi connectivity index (χ0) is 15.2. The van der Waals surface area contributed by atoms with Gasteiger partial charge in [0.25, 0.3) is 5.69 Å². The van der Waals surface area contributed by atoms with Gasteiger partial charge in [0.05, 0.1) is 12.0 Å². The summed E-state index contributed by atoms with van der Waals surface area (Å²) < 4.78 is 5.28. The zero-order valence-electron chi connectivity index (χ0n) is 12.1. The van der Waals surface area contributed by atoms with Crippen LogP contribution in [-0.4, -0.2) is 12.0 Å². The molecule has 0 radical (unpaired) electrons. The molecular weight excluding hydrogens is 268 g/mol. The highest BCUT2D eigenvalue weighted by molar-refractivity contribution is 5.55. The van der Waals surface area contributed by atoms with Crippen molar-refractivity contribution >= 4 is 11.4 Å². The number of nitrogens with zero attached hydrogens (tertiary/aromatic N) is 1. The predicted octanol–water partition coefficient (Wildman–Crippen LogP) is 3.78. The zero-order valence-corrected chi connectivity index (χ0v) is 12.1. The largest absolute Gasteiger partial charge is 0.496 e. The van der Waals surface area contributed by atoms with Gasteiger partial charge in [-0.1, -0.05) is 31.2 Å². The number of rotatable bonds is 6. The summed E-state index contributed by atoms with van der Waals surface area (Å²) in [6, 6.07) is 12.9. The molecule has 0 bridgehead atoms. The number of benzene rings is 2. The number of nitrogens with one attached hydrogen (secondary N) is 1. The third kappa shape index (κ3) is 3.51. The molecule has 0 aliphatic heterocycles. The molecule has 110 valence electrons. The molecule has 5 nitrogen and oxygen atoms in total. The van der Waals surface area contributed by atoms with E-state index in [0.29, 0.717) is 13.0 Å². The Kier molecular flexibility index (Phi) is 4.77. The van der Waals surface area contributed by atoms with E-state index in [0.717, 1.165) is 22.6 Å². The summed E-state index contributed by atoms with van der Waals surface area (Å²) in [6.07, 6.45) is 0.642. The summed E-state index contributed by atoms with van der Waals surface area (Å²) in [7, 11) is 1.62. The van der Waals surface area contributed by atoms with Gasteiger partial charge in [-0.25, -0.2) is 0 Å². The number of ether oxygens (including phenoxy) is 1. The lowest BCUT2D eigenvalue weighted by molar-refractivity contribution is -0.385. The molecule has 0 atom stereocenters. The molecule has 0 saturated heterocycles. The Hall–Kier alpha value is -2.56. The highest BCUT2D eigenvalue weighted by atomic mass is 16.6. The fraction of sp³-hybridized carbons (Fsp3) is 0.250. The van der Waals surface area contributed by atoms with Crippen molar-refractivity contribution in [3.8, 4) is 5.75 Å². The molecule has 0 amide bonds. The molecule has 0 fully saturated rings. The van der Waals surface area contributed by atoms with Gasteiger partial charge in [-0.3, -0.25) is 10.1 Å². The molecule has 0 spiro atoms. The van der Waals surface area contributed by atoms with Gasteiger partial charge in [-0.2, -0.15) is 0 Å². The maximum absolute atomic E-state index is 11.1. The Balaban J connectivity index is 2.17. The minimum absolute atomic E-state index is 0.155. The Labute approximate surface area is 123 Å². The van der Waals surface area contributed by atoms with E-state index >= 15 is 0 Å². The first-order valence-corrected chi connectivity index (χ1v) is 6.78. The van der Waals surface area contributed by atoms with Crippen molar-refractivity contribution in [3.63, 3.8) is 0 Å². The molecule has 0 aliphatic carbocycles. The summed E-state index contributed by atoms with van der Waals surface area (Å²) in [5.74, 6) is 0.796. The minimum Gasteiger partial charge on any atom is -0.496 e. The van der Waals surface area contributed by atoms with Crippen molar-refractivity contribution < 1.29 is 9.66 Å². The second-order valence-electron chi connectivity index (χ2n) is 4.62. The Morgan fingerprint density at radius 2 is 1.95 bits per heavy atom. The summed E-state index contributed by atoms with van der Waals surface area (Å²) in [5.41, 5.74) is 2.62. The third-order valence-corrected chi connectivity index (χ3v) is 3.34. The van der Waals surface area contributed by atoms with E-state index in [1.165, 1.54) is 0 Å². The molecule has 2 rings (SSSR count). The molecule has 0 aromatic heterocycles. The number of anilines is 1. The first-order chi connectivity index (χ1) is 10.2. The molecule has 21 heavy (non-hydrogen) atoms. The van der Waals surface area contributed by atoms with Crippen LogP contribution in [0.1, 0.15) is 18.1 Å². The highest BCUT2D eigenvalue weighted by Crippen LogP contribution is 2.25. The van der Waals surface area contributed by atoms with Gasteiger partial charge in [0.15, 0.2) is 0 Å². The van der Waals surface area contributed by atoms with Crippen LogP contribution in [0, 0.1) is 10.1 Å². The first-order valence-electron chi connectivity index (χ1n) is 6.78. The van der Waals surface area contributed by atoms with Gasteiger partial charge in [0, 0.05) is 29.4 Å². The number of nitro groups is 1. The second-order valence-corrected chi connectivity index (χ2v) is 4.62. The Bertz CT molecular complexity index is 641. The van der Waals surface area contributed by atoms with E-state index in [1.807, 2.05) is 37.3 Å². The third-order valence-electron chi connectivity index (χ3n) is 3.34. The van der Waals surface area contributed by atoms with Crippen molar-refractivity contribution in [2.45, 2.75) is 19.9 Å². The second kappa shape index (κ2) is 6.74. The number of aryl methyl sites for hydroxylation is 1. The fourth-order valence-corrected chi connectivity index (χ4v) is 2.19. The lowest BCUT2D eigenvalue weighted by Gasteiger charge is -2.11. The molecule has 0 unspecified atom stereocenters. The van der Waals surface area contributed by atoms with Gasteiger partial charge in [-0.15, -0.1) is 0 Å². The van der Waals surface area contributed by atoms with Crippen molar-refractivity contribution in [3.05, 3.63) is 63.7 Å². The van der Waals surface area contributed by atoms with Crippen LogP contribution in [0.5, 0.6) is 5.75 Å². The average Bonchev–Trinajstić information content (AvgIpc) is 2.52. The molecule has 2 aromatic rings. The normalized spacial score (nSPS) is 10.2. The molecule has 2 aromatic carbocycles. The number of para-hydroxylation sites is 1. The fourth-order valence-electron chi connectivity index (χ4n) is 2.19. The quantitative estimate of drug-likeness (QED) is 0.648. The Morgan fingerprint density at radius 3 is 2.62 bits per heavy atom. The van der Waals surface area contributed by atoms with Gasteiger partial charge in [0.2, 0.25) is 0 Å². The van der Waals surface area contributed by atoms with Crippen LogP contribution < -0.4 is 10.1 Å². The van der Waals surface area contributed by atoms with Crippen LogP contribution in [0.3, 0.4) is 0 Å². The van der Waals surface area contributed by atoms with Crippen LogP contribution in [0.4, 0.5) is 11.4 Å². The molecule has 1 N–H and O–H groups in total. The van der Waals surface area contributed by atoms with Crippen LogP contribution in [0.15, 0.2) is 42.5 Å². The van der Waals surface area contributed by atoms with Crippen molar-refractivity contribution in [1.82, 2.24) is 0 Å². The van der Waals surface area contributed by atoms with E-state index in [1.54, 1.807) is 19.2 Å². The molecule has 0 aliphatic rings. The van der Waals surface area contributed by atoms with E-state index < -0.39 is 0 Å². The molecular formula is C16H18N2O3. The number of hydrogen-bond acceptors (Lipinski definition) is 4. The standard InChI is InChI=1S/C16H18N2O3/c1-3-12-8-9-14(10-15(12)18(19)20)17-11-13-6-4-5-7-16(13)21-2/h4-10,17H,3,11H2,1-2H3. The monoisotopic (exact) mass is 286 g/mol. The van der Waals surface area contributed by atoms with Gasteiger partial charge in [0.1, 0.15) is 5.75 Å². The van der Waals surface area contributed by atoms with Crippen molar-refractivity contribution in [2.75, 3.05) is 12.4 Å². The van der Waals surface area contributed by atoms with Crippen LogP contribution >= 0.6 is 0 Å². The number of methoxy groups -OCH3 is 1. The summed E-state index contributed by atoms with van der Waals surface area (Å²) in [6.45, 7) is 2.46. The van der Waals surface area contributed by atoms with Crippen LogP contribution in [0.25, 0.3) is 0 Å². The van der Waals surface area contributed by atoms with E-state index in [9.17, 15) is 10.1 Å². The van der Waals surface area contributed by atoms with E-state index in [2.05, 4.69) is 5.32 Å². The highest BCUT2D eigenvalue weighted by Gasteiger charge is 2.13. The van der Waals surface area contributed by atoms with Gasteiger partial charge >= 0.3 is 0 Å². The predicted molar refractivity (Wildman–Crippen MR) is 82.8 cm³/mol.